The zero-order valence-electron chi connectivity index (χ0n) is 16.4. The third kappa shape index (κ3) is 9.53. The van der Waals surface area contributed by atoms with Crippen molar-refractivity contribution in [2.24, 2.45) is 4.99 Å². The highest BCUT2D eigenvalue weighted by atomic mass is 127. The molecular weight excluding hydrogens is 514 g/mol. The summed E-state index contributed by atoms with van der Waals surface area (Å²) in [5.74, 6) is 0.566. The molecule has 1 atom stereocenters. The number of guanidine groups is 1. The lowest BCUT2D eigenvalue weighted by atomic mass is 10.1. The second-order valence-corrected chi connectivity index (χ2v) is 5.92. The first-order chi connectivity index (χ1) is 14.0. The predicted molar refractivity (Wildman–Crippen MR) is 119 cm³/mol. The van der Waals surface area contributed by atoms with E-state index in [2.05, 4.69) is 20.4 Å². The third-order valence-corrected chi connectivity index (χ3v) is 3.72. The highest BCUT2D eigenvalue weighted by Crippen LogP contribution is 2.19. The van der Waals surface area contributed by atoms with E-state index in [0.29, 0.717) is 37.0 Å². The molecule has 2 aromatic carbocycles. The lowest BCUT2D eigenvalue weighted by molar-refractivity contribution is -0.0498. The number of aliphatic imine (C=N–C) groups is 1. The van der Waals surface area contributed by atoms with E-state index in [0.717, 1.165) is 0 Å². The van der Waals surface area contributed by atoms with Crippen molar-refractivity contribution in [3.63, 3.8) is 0 Å². The van der Waals surface area contributed by atoms with Crippen molar-refractivity contribution >= 4 is 29.9 Å². The molecular formula is C20H25F3IN3O3. The number of hydrogen-bond donors (Lipinski definition) is 3. The summed E-state index contributed by atoms with van der Waals surface area (Å²) in [6, 6.07) is 11.6. The van der Waals surface area contributed by atoms with Gasteiger partial charge in [0.05, 0.1) is 19.2 Å². The van der Waals surface area contributed by atoms with Gasteiger partial charge in [-0.2, -0.15) is 8.78 Å². The van der Waals surface area contributed by atoms with E-state index in [1.165, 1.54) is 36.4 Å². The number of aliphatic hydroxyl groups is 1. The van der Waals surface area contributed by atoms with Gasteiger partial charge >= 0.3 is 6.61 Å². The van der Waals surface area contributed by atoms with Crippen molar-refractivity contribution in [1.29, 1.82) is 0 Å². The molecule has 1 unspecified atom stereocenters. The standard InChI is InChI=1S/C20H24F3N3O3.HI/c1-2-24-20(25-10-11-28-17-5-3-4-15(21)12-17)26-13-18(27)14-6-8-16(9-7-14)29-19(22)23;/h3-9,12,18-19,27H,2,10-11,13H2,1H3,(H2,24,25,26);1H. The van der Waals surface area contributed by atoms with Crippen molar-refractivity contribution in [3.05, 3.63) is 59.9 Å². The second kappa shape index (κ2) is 13.9. The zero-order chi connectivity index (χ0) is 21.1. The van der Waals surface area contributed by atoms with Crippen LogP contribution in [0.5, 0.6) is 11.5 Å². The van der Waals surface area contributed by atoms with E-state index < -0.39 is 12.7 Å². The van der Waals surface area contributed by atoms with Crippen LogP contribution < -0.4 is 20.1 Å². The Labute approximate surface area is 190 Å². The summed E-state index contributed by atoms with van der Waals surface area (Å²) < 4.78 is 47.2. The van der Waals surface area contributed by atoms with Gasteiger partial charge in [0.25, 0.3) is 0 Å². The number of nitrogens with zero attached hydrogens (tertiary/aromatic N) is 1. The van der Waals surface area contributed by atoms with Crippen molar-refractivity contribution < 1.29 is 27.8 Å². The lowest BCUT2D eigenvalue weighted by Gasteiger charge is -2.14. The number of alkyl halides is 2. The van der Waals surface area contributed by atoms with Crippen molar-refractivity contribution in [2.45, 2.75) is 19.6 Å². The summed E-state index contributed by atoms with van der Waals surface area (Å²) in [5, 5.41) is 16.3. The van der Waals surface area contributed by atoms with Crippen LogP contribution in [0, 0.1) is 5.82 Å². The average Bonchev–Trinajstić information content (AvgIpc) is 2.69. The summed E-state index contributed by atoms with van der Waals surface area (Å²) in [7, 11) is 0. The fourth-order valence-corrected chi connectivity index (χ4v) is 2.39. The van der Waals surface area contributed by atoms with Gasteiger partial charge in [-0.15, -0.1) is 24.0 Å². The minimum atomic E-state index is -2.89. The van der Waals surface area contributed by atoms with Crippen LogP contribution >= 0.6 is 24.0 Å². The third-order valence-electron chi connectivity index (χ3n) is 3.72. The molecule has 6 nitrogen and oxygen atoms in total. The molecule has 166 valence electrons. The van der Waals surface area contributed by atoms with E-state index in [9.17, 15) is 18.3 Å². The Morgan fingerprint density at radius 2 is 1.83 bits per heavy atom. The van der Waals surface area contributed by atoms with Crippen LogP contribution in [0.3, 0.4) is 0 Å². The molecule has 0 aromatic heterocycles. The quantitative estimate of drug-likeness (QED) is 0.186. The van der Waals surface area contributed by atoms with Gasteiger partial charge in [0, 0.05) is 12.6 Å². The maximum atomic E-state index is 13.1. The Hall–Kier alpha value is -2.21. The molecule has 0 fully saturated rings. The van der Waals surface area contributed by atoms with Crippen LogP contribution in [0.15, 0.2) is 53.5 Å². The SMILES string of the molecule is CCNC(=NCC(O)c1ccc(OC(F)F)cc1)NCCOc1cccc(F)c1.I. The summed E-state index contributed by atoms with van der Waals surface area (Å²) in [5.41, 5.74) is 0.528. The van der Waals surface area contributed by atoms with Gasteiger partial charge in [-0.1, -0.05) is 18.2 Å². The van der Waals surface area contributed by atoms with E-state index in [-0.39, 0.29) is 42.1 Å². The largest absolute Gasteiger partial charge is 0.492 e. The Morgan fingerprint density at radius 1 is 1.10 bits per heavy atom. The number of ether oxygens (including phenoxy) is 2. The summed E-state index contributed by atoms with van der Waals surface area (Å²) in [6.07, 6.45) is -0.908. The molecule has 0 aliphatic carbocycles. The van der Waals surface area contributed by atoms with Gasteiger partial charge in [0.2, 0.25) is 0 Å². The fraction of sp³-hybridized carbons (Fsp3) is 0.350. The van der Waals surface area contributed by atoms with Gasteiger partial charge in [-0.3, -0.25) is 4.99 Å². The maximum Gasteiger partial charge on any atom is 0.387 e. The number of hydrogen-bond acceptors (Lipinski definition) is 4. The molecule has 0 saturated heterocycles. The first-order valence-electron chi connectivity index (χ1n) is 9.11. The van der Waals surface area contributed by atoms with Crippen molar-refractivity contribution in [2.75, 3.05) is 26.2 Å². The number of rotatable bonds is 10. The number of aliphatic hydroxyl groups excluding tert-OH is 1. The Balaban J connectivity index is 0.00000450. The number of halogens is 4. The van der Waals surface area contributed by atoms with Crippen LogP contribution in [0.2, 0.25) is 0 Å². The predicted octanol–water partition coefficient (Wildman–Crippen LogP) is 3.71. The molecule has 0 spiro atoms. The Kier molecular flexibility index (Phi) is 12.0. The van der Waals surface area contributed by atoms with Crippen molar-refractivity contribution in [1.82, 2.24) is 10.6 Å². The minimum Gasteiger partial charge on any atom is -0.492 e. The van der Waals surface area contributed by atoms with Gasteiger partial charge in [0.1, 0.15) is 23.9 Å². The molecule has 30 heavy (non-hydrogen) atoms. The molecule has 0 radical (unpaired) electrons. The smallest absolute Gasteiger partial charge is 0.387 e. The maximum absolute atomic E-state index is 13.1. The molecule has 0 aliphatic heterocycles. The molecule has 0 bridgehead atoms. The summed E-state index contributed by atoms with van der Waals surface area (Å²) in [4.78, 5) is 4.30. The minimum absolute atomic E-state index is 0. The van der Waals surface area contributed by atoms with E-state index in [1.54, 1.807) is 12.1 Å². The molecule has 2 rings (SSSR count). The van der Waals surface area contributed by atoms with Crippen LogP contribution in [0.25, 0.3) is 0 Å². The molecule has 0 aliphatic rings. The normalized spacial score (nSPS) is 12.1. The molecule has 3 N–H and O–H groups in total. The van der Waals surface area contributed by atoms with Crippen LogP contribution in [0.1, 0.15) is 18.6 Å². The fourth-order valence-electron chi connectivity index (χ4n) is 2.39. The van der Waals surface area contributed by atoms with Crippen LogP contribution in [-0.2, 0) is 0 Å². The van der Waals surface area contributed by atoms with E-state index in [4.69, 9.17) is 4.74 Å². The average molecular weight is 539 g/mol. The Bertz CT molecular complexity index is 779. The first-order valence-corrected chi connectivity index (χ1v) is 9.11. The summed E-state index contributed by atoms with van der Waals surface area (Å²) in [6.45, 7) is 0.397. The zero-order valence-corrected chi connectivity index (χ0v) is 18.7. The van der Waals surface area contributed by atoms with Crippen LogP contribution in [0.4, 0.5) is 13.2 Å². The molecule has 2 aromatic rings. The van der Waals surface area contributed by atoms with Crippen molar-refractivity contribution in [3.8, 4) is 11.5 Å². The summed E-state index contributed by atoms with van der Waals surface area (Å²) >= 11 is 0. The molecule has 0 saturated carbocycles. The van der Waals surface area contributed by atoms with Gasteiger partial charge in [-0.25, -0.2) is 4.39 Å². The molecule has 0 heterocycles. The topological polar surface area (TPSA) is 75.1 Å². The van der Waals surface area contributed by atoms with Gasteiger partial charge in [-0.05, 0) is 36.8 Å². The number of nitrogens with one attached hydrogen (secondary N) is 2. The lowest BCUT2D eigenvalue weighted by Crippen LogP contribution is -2.39. The number of benzene rings is 2. The molecule has 10 heteroatoms. The van der Waals surface area contributed by atoms with Crippen LogP contribution in [-0.4, -0.2) is 43.9 Å². The highest BCUT2D eigenvalue weighted by Gasteiger charge is 2.09. The second-order valence-electron chi connectivity index (χ2n) is 5.92. The Morgan fingerprint density at radius 3 is 2.47 bits per heavy atom. The monoisotopic (exact) mass is 539 g/mol. The molecule has 0 amide bonds. The highest BCUT2D eigenvalue weighted by molar-refractivity contribution is 14.0. The first kappa shape index (κ1) is 25.8. The van der Waals surface area contributed by atoms with E-state index in [1.807, 2.05) is 6.92 Å². The van der Waals surface area contributed by atoms with E-state index >= 15 is 0 Å². The van der Waals surface area contributed by atoms with Gasteiger partial charge in [0.15, 0.2) is 5.96 Å². The van der Waals surface area contributed by atoms with Gasteiger partial charge < -0.3 is 25.2 Å².